The average Bonchev–Trinajstić information content (AvgIpc) is 2.87. The summed E-state index contributed by atoms with van der Waals surface area (Å²) in [7, 11) is 3.45. The summed E-state index contributed by atoms with van der Waals surface area (Å²) < 4.78 is 15.3. The van der Waals surface area contributed by atoms with Crippen LogP contribution in [0.5, 0.6) is 11.5 Å². The van der Waals surface area contributed by atoms with Crippen LogP contribution in [0.2, 0.25) is 5.25 Å². The van der Waals surface area contributed by atoms with Crippen LogP contribution in [0.3, 0.4) is 0 Å². The van der Waals surface area contributed by atoms with Crippen molar-refractivity contribution in [3.63, 3.8) is 0 Å². The van der Waals surface area contributed by atoms with E-state index in [1.807, 2.05) is 0 Å². The van der Waals surface area contributed by atoms with Crippen molar-refractivity contribution in [2.75, 3.05) is 14.2 Å². The number of hydrogen-bond acceptors (Lipinski definition) is 2. The minimum absolute atomic E-state index is 0.901. The van der Waals surface area contributed by atoms with Gasteiger partial charge in [0.2, 0.25) is 0 Å². The van der Waals surface area contributed by atoms with E-state index in [0.29, 0.717) is 0 Å². The standard InChI is InChI=1S/C30H32GeO2/c1-23-5-11-26(12-6-23)31(27-13-7-24(2)8-14-27,28-15-19-30(33-4)20-16-28)22-21-25-9-17-29(32-3)18-10-25/h5-20H,21-22H2,1-4H3. The third kappa shape index (κ3) is 5.01. The summed E-state index contributed by atoms with van der Waals surface area (Å²) in [6.07, 6.45) is 1.03. The maximum absolute atomic E-state index is 5.48. The van der Waals surface area contributed by atoms with Gasteiger partial charge < -0.3 is 0 Å². The fraction of sp³-hybridized carbons (Fsp3) is 0.200. The molecule has 168 valence electrons. The molecule has 0 unspecified atom stereocenters. The molecule has 0 aliphatic carbocycles. The molecule has 0 heterocycles. The molecule has 3 heteroatoms. The normalized spacial score (nSPS) is 11.3. The molecule has 0 aliphatic rings. The zero-order valence-electron chi connectivity index (χ0n) is 20.0. The van der Waals surface area contributed by atoms with Crippen LogP contribution in [-0.2, 0) is 6.42 Å². The average molecular weight is 497 g/mol. The van der Waals surface area contributed by atoms with Crippen molar-refractivity contribution in [2.24, 2.45) is 0 Å². The number of methoxy groups -OCH3 is 2. The molecule has 0 saturated heterocycles. The Morgan fingerprint density at radius 1 is 0.515 bits per heavy atom. The summed E-state index contributed by atoms with van der Waals surface area (Å²) in [5.74, 6) is 1.80. The number of ether oxygens (including phenoxy) is 2. The van der Waals surface area contributed by atoms with Crippen LogP contribution in [0, 0.1) is 13.8 Å². The van der Waals surface area contributed by atoms with Crippen LogP contribution < -0.4 is 22.7 Å². The first-order valence-electron chi connectivity index (χ1n) is 11.5. The van der Waals surface area contributed by atoms with E-state index < -0.39 is 13.3 Å². The second kappa shape index (κ2) is 10.3. The van der Waals surface area contributed by atoms with E-state index >= 15 is 0 Å². The van der Waals surface area contributed by atoms with Crippen molar-refractivity contribution in [3.05, 3.63) is 114 Å². The third-order valence-electron chi connectivity index (χ3n) is 6.62. The molecule has 2 nitrogen and oxygen atoms in total. The number of benzene rings is 4. The Kier molecular flexibility index (Phi) is 7.24. The molecule has 4 rings (SSSR count). The van der Waals surface area contributed by atoms with Crippen molar-refractivity contribution in [3.8, 4) is 11.5 Å². The van der Waals surface area contributed by atoms with E-state index in [4.69, 9.17) is 9.47 Å². The van der Waals surface area contributed by atoms with Crippen LogP contribution in [-0.4, -0.2) is 27.5 Å². The fourth-order valence-corrected chi connectivity index (χ4v) is 14.5. The second-order valence-corrected chi connectivity index (χ2v) is 17.2. The topological polar surface area (TPSA) is 18.5 Å². The Balaban J connectivity index is 1.87. The van der Waals surface area contributed by atoms with Gasteiger partial charge in [-0.1, -0.05) is 0 Å². The first kappa shape index (κ1) is 23.2. The summed E-state index contributed by atoms with van der Waals surface area (Å²) >= 11 is -3.00. The molecule has 0 spiro atoms. The van der Waals surface area contributed by atoms with Crippen LogP contribution >= 0.6 is 0 Å². The molecular formula is C30H32GeO2. The molecule has 0 saturated carbocycles. The van der Waals surface area contributed by atoms with Gasteiger partial charge in [0, 0.05) is 0 Å². The van der Waals surface area contributed by atoms with E-state index in [1.54, 1.807) is 14.2 Å². The van der Waals surface area contributed by atoms with E-state index in [-0.39, 0.29) is 0 Å². The molecule has 0 aromatic heterocycles. The predicted octanol–water partition coefficient (Wildman–Crippen LogP) is 5.03. The summed E-state index contributed by atoms with van der Waals surface area (Å²) in [4.78, 5) is 0. The number of rotatable bonds is 8. The summed E-state index contributed by atoms with van der Waals surface area (Å²) in [6, 6.07) is 35.9. The van der Waals surface area contributed by atoms with Crippen molar-refractivity contribution >= 4 is 26.5 Å². The van der Waals surface area contributed by atoms with Crippen LogP contribution in [0.1, 0.15) is 16.7 Å². The van der Waals surface area contributed by atoms with E-state index in [1.165, 1.54) is 29.9 Å². The van der Waals surface area contributed by atoms with Crippen molar-refractivity contribution < 1.29 is 9.47 Å². The quantitative estimate of drug-likeness (QED) is 0.318. The van der Waals surface area contributed by atoms with Gasteiger partial charge >= 0.3 is 201 Å². The Morgan fingerprint density at radius 3 is 1.27 bits per heavy atom. The molecule has 0 aliphatic heterocycles. The van der Waals surface area contributed by atoms with Gasteiger partial charge in [0.1, 0.15) is 0 Å². The van der Waals surface area contributed by atoms with Gasteiger partial charge in [-0.25, -0.2) is 0 Å². The molecule has 0 atom stereocenters. The summed E-state index contributed by atoms with van der Waals surface area (Å²) in [5.41, 5.74) is 3.94. The Labute approximate surface area is 200 Å². The Morgan fingerprint density at radius 2 is 0.879 bits per heavy atom. The van der Waals surface area contributed by atoms with Crippen molar-refractivity contribution in [1.29, 1.82) is 0 Å². The molecule has 0 fully saturated rings. The molecule has 0 bridgehead atoms. The van der Waals surface area contributed by atoms with Gasteiger partial charge in [-0.05, 0) is 0 Å². The molecule has 0 amide bonds. The predicted molar refractivity (Wildman–Crippen MR) is 142 cm³/mol. The van der Waals surface area contributed by atoms with Crippen LogP contribution in [0.4, 0.5) is 0 Å². The SMILES string of the molecule is COc1ccc(C[CH2][Ge]([c]2ccc(C)cc2)([c]2ccc(C)cc2)[c]2ccc(OC)cc2)cc1. The Hall–Kier alpha value is -2.98. The minimum atomic E-state index is -3.00. The first-order chi connectivity index (χ1) is 16.0. The first-order valence-corrected chi connectivity index (χ1v) is 16.1. The second-order valence-electron chi connectivity index (χ2n) is 8.71. The van der Waals surface area contributed by atoms with Gasteiger partial charge in [0.05, 0.1) is 0 Å². The van der Waals surface area contributed by atoms with E-state index in [9.17, 15) is 0 Å². The van der Waals surface area contributed by atoms with Gasteiger partial charge in [-0.2, -0.15) is 0 Å². The van der Waals surface area contributed by atoms with E-state index in [0.717, 1.165) is 23.2 Å². The monoisotopic (exact) mass is 498 g/mol. The van der Waals surface area contributed by atoms with E-state index in [2.05, 4.69) is 111 Å². The molecule has 33 heavy (non-hydrogen) atoms. The van der Waals surface area contributed by atoms with Gasteiger partial charge in [-0.15, -0.1) is 0 Å². The maximum atomic E-state index is 5.48. The molecule has 0 radical (unpaired) electrons. The van der Waals surface area contributed by atoms with Gasteiger partial charge in [-0.3, -0.25) is 0 Å². The van der Waals surface area contributed by atoms with Crippen molar-refractivity contribution in [2.45, 2.75) is 25.5 Å². The summed E-state index contributed by atoms with van der Waals surface area (Å²) in [6.45, 7) is 4.32. The number of hydrogen-bond donors (Lipinski definition) is 0. The summed E-state index contributed by atoms with van der Waals surface area (Å²) in [5, 5.41) is 1.13. The molecule has 4 aromatic carbocycles. The van der Waals surface area contributed by atoms with Crippen molar-refractivity contribution in [1.82, 2.24) is 0 Å². The third-order valence-corrected chi connectivity index (χ3v) is 17.0. The zero-order valence-corrected chi connectivity index (χ0v) is 22.1. The van der Waals surface area contributed by atoms with Gasteiger partial charge in [0.15, 0.2) is 0 Å². The fourth-order valence-electron chi connectivity index (χ4n) is 4.61. The zero-order chi connectivity index (χ0) is 23.3. The van der Waals surface area contributed by atoms with Gasteiger partial charge in [0.25, 0.3) is 0 Å². The number of aryl methyl sites for hydroxylation is 3. The Bertz CT molecular complexity index is 1120. The van der Waals surface area contributed by atoms with Crippen LogP contribution in [0.25, 0.3) is 0 Å². The van der Waals surface area contributed by atoms with Crippen LogP contribution in [0.15, 0.2) is 97.1 Å². The molecule has 0 N–H and O–H groups in total. The molecular weight excluding hydrogens is 465 g/mol. The molecule has 4 aromatic rings.